The van der Waals surface area contributed by atoms with Crippen molar-refractivity contribution in [2.24, 2.45) is 0 Å². The van der Waals surface area contributed by atoms with Crippen LogP contribution in [0, 0.1) is 5.82 Å². The van der Waals surface area contributed by atoms with Gasteiger partial charge >= 0.3 is 5.97 Å². The molecular weight excluding hydrogens is 363 g/mol. The summed E-state index contributed by atoms with van der Waals surface area (Å²) in [4.78, 5) is 24.5. The van der Waals surface area contributed by atoms with Gasteiger partial charge in [-0.2, -0.15) is 0 Å². The van der Waals surface area contributed by atoms with Crippen LogP contribution >= 0.6 is 11.6 Å². The van der Waals surface area contributed by atoms with Crippen LogP contribution in [0.3, 0.4) is 0 Å². The summed E-state index contributed by atoms with van der Waals surface area (Å²) in [6.45, 7) is 1.59. The Morgan fingerprint density at radius 3 is 2.69 bits per heavy atom. The van der Waals surface area contributed by atoms with Crippen LogP contribution in [-0.2, 0) is 9.53 Å². The highest BCUT2D eigenvalue weighted by Gasteiger charge is 2.21. The standard InChI is InChI=1S/C18H18ClFN2O4/c1-11(17(24)22-12-6-7-15(20)14(19)10-12)26-18(25)13-4-2-3-5-16(13)21-8-9-23/h2-7,10-11,21,23H,8-9H2,1H3,(H,22,24)/t11-/m1/s1. The molecule has 0 bridgehead atoms. The molecule has 0 radical (unpaired) electrons. The van der Waals surface area contributed by atoms with Gasteiger partial charge in [-0.1, -0.05) is 23.7 Å². The normalized spacial score (nSPS) is 11.5. The van der Waals surface area contributed by atoms with E-state index >= 15 is 0 Å². The van der Waals surface area contributed by atoms with Gasteiger partial charge in [-0.25, -0.2) is 9.18 Å². The number of hydrogen-bond donors (Lipinski definition) is 3. The predicted molar refractivity (Wildman–Crippen MR) is 96.9 cm³/mol. The molecule has 0 aliphatic carbocycles. The number of benzene rings is 2. The topological polar surface area (TPSA) is 87.7 Å². The highest BCUT2D eigenvalue weighted by molar-refractivity contribution is 6.31. The van der Waals surface area contributed by atoms with Gasteiger partial charge in [0.05, 0.1) is 17.2 Å². The summed E-state index contributed by atoms with van der Waals surface area (Å²) >= 11 is 5.66. The van der Waals surface area contributed by atoms with Crippen molar-refractivity contribution in [3.63, 3.8) is 0 Å². The molecule has 8 heteroatoms. The lowest BCUT2D eigenvalue weighted by Gasteiger charge is -2.15. The second kappa shape index (κ2) is 9.17. The van der Waals surface area contributed by atoms with E-state index in [1.54, 1.807) is 24.3 Å². The second-order valence-electron chi connectivity index (χ2n) is 5.36. The summed E-state index contributed by atoms with van der Waals surface area (Å²) < 4.78 is 18.3. The minimum atomic E-state index is -1.09. The van der Waals surface area contributed by atoms with Crippen molar-refractivity contribution in [1.29, 1.82) is 0 Å². The van der Waals surface area contributed by atoms with Gasteiger partial charge in [0.2, 0.25) is 0 Å². The van der Waals surface area contributed by atoms with Crippen molar-refractivity contribution < 1.29 is 23.8 Å². The van der Waals surface area contributed by atoms with Gasteiger partial charge in [0.25, 0.3) is 5.91 Å². The molecule has 0 saturated carbocycles. The molecular formula is C18H18ClFN2O4. The van der Waals surface area contributed by atoms with E-state index in [9.17, 15) is 14.0 Å². The van der Waals surface area contributed by atoms with Crippen molar-refractivity contribution in [2.45, 2.75) is 13.0 Å². The Bertz CT molecular complexity index is 801. The SMILES string of the molecule is C[C@@H](OC(=O)c1ccccc1NCCO)C(=O)Nc1ccc(F)c(Cl)c1. The summed E-state index contributed by atoms with van der Waals surface area (Å²) in [7, 11) is 0. The van der Waals surface area contributed by atoms with Crippen LogP contribution in [0.1, 0.15) is 17.3 Å². The molecule has 0 unspecified atom stereocenters. The number of aliphatic hydroxyl groups is 1. The maximum Gasteiger partial charge on any atom is 0.341 e. The number of carbonyl (C=O) groups is 2. The number of para-hydroxylation sites is 1. The number of esters is 1. The molecule has 1 amide bonds. The number of amides is 1. The van der Waals surface area contributed by atoms with Crippen LogP contribution in [0.25, 0.3) is 0 Å². The minimum Gasteiger partial charge on any atom is -0.449 e. The Kier molecular flexibility index (Phi) is 6.94. The number of aliphatic hydroxyl groups excluding tert-OH is 1. The molecule has 3 N–H and O–H groups in total. The highest BCUT2D eigenvalue weighted by atomic mass is 35.5. The largest absolute Gasteiger partial charge is 0.449 e. The van der Waals surface area contributed by atoms with Crippen LogP contribution in [0.5, 0.6) is 0 Å². The lowest BCUT2D eigenvalue weighted by atomic mass is 10.1. The third-order valence-corrected chi connectivity index (χ3v) is 3.70. The van der Waals surface area contributed by atoms with Crippen LogP contribution in [-0.4, -0.2) is 36.2 Å². The third-order valence-electron chi connectivity index (χ3n) is 3.41. The number of ether oxygens (including phenoxy) is 1. The first kappa shape index (κ1) is 19.7. The first-order valence-corrected chi connectivity index (χ1v) is 8.21. The van der Waals surface area contributed by atoms with Crippen molar-refractivity contribution in [2.75, 3.05) is 23.8 Å². The Morgan fingerprint density at radius 1 is 1.27 bits per heavy atom. The van der Waals surface area contributed by atoms with E-state index in [0.717, 1.165) is 6.07 Å². The number of nitrogens with one attached hydrogen (secondary N) is 2. The zero-order valence-corrected chi connectivity index (χ0v) is 14.7. The monoisotopic (exact) mass is 380 g/mol. The number of carbonyl (C=O) groups excluding carboxylic acids is 2. The van der Waals surface area contributed by atoms with Gasteiger partial charge in [0, 0.05) is 17.9 Å². The summed E-state index contributed by atoms with van der Waals surface area (Å²) in [6.07, 6.45) is -1.09. The molecule has 6 nitrogen and oxygen atoms in total. The summed E-state index contributed by atoms with van der Waals surface area (Å²) in [5.74, 6) is -1.87. The van der Waals surface area contributed by atoms with Gasteiger partial charge in [0.15, 0.2) is 6.10 Å². The molecule has 0 aliphatic heterocycles. The Hall–Kier alpha value is -2.64. The molecule has 138 valence electrons. The highest BCUT2D eigenvalue weighted by Crippen LogP contribution is 2.20. The third kappa shape index (κ3) is 5.18. The number of rotatable bonds is 7. The lowest BCUT2D eigenvalue weighted by Crippen LogP contribution is -2.30. The summed E-state index contributed by atoms with van der Waals surface area (Å²) in [5, 5.41) is 14.2. The summed E-state index contributed by atoms with van der Waals surface area (Å²) in [6, 6.07) is 10.3. The van der Waals surface area contributed by atoms with Crippen LogP contribution in [0.4, 0.5) is 15.8 Å². The fraction of sp³-hybridized carbons (Fsp3) is 0.222. The molecule has 2 aromatic rings. The van der Waals surface area contributed by atoms with Crippen molar-refractivity contribution >= 4 is 34.9 Å². The minimum absolute atomic E-state index is 0.0948. The van der Waals surface area contributed by atoms with E-state index in [1.165, 1.54) is 19.1 Å². The van der Waals surface area contributed by atoms with Gasteiger partial charge in [-0.15, -0.1) is 0 Å². The molecule has 0 heterocycles. The average molecular weight is 381 g/mol. The van der Waals surface area contributed by atoms with E-state index in [1.807, 2.05) is 0 Å². The fourth-order valence-electron chi connectivity index (χ4n) is 2.10. The van der Waals surface area contributed by atoms with Crippen molar-refractivity contribution in [3.05, 3.63) is 58.9 Å². The van der Waals surface area contributed by atoms with Gasteiger partial charge in [-0.05, 0) is 37.3 Å². The average Bonchev–Trinajstić information content (AvgIpc) is 2.63. The van der Waals surface area contributed by atoms with E-state index in [0.29, 0.717) is 5.69 Å². The van der Waals surface area contributed by atoms with Gasteiger partial charge in [0.1, 0.15) is 5.82 Å². The van der Waals surface area contributed by atoms with Gasteiger partial charge in [-0.3, -0.25) is 4.79 Å². The predicted octanol–water partition coefficient (Wildman–Crippen LogP) is 3.07. The van der Waals surface area contributed by atoms with E-state index in [2.05, 4.69) is 10.6 Å². The molecule has 0 spiro atoms. The first-order valence-electron chi connectivity index (χ1n) is 7.83. The lowest BCUT2D eigenvalue weighted by molar-refractivity contribution is -0.123. The first-order chi connectivity index (χ1) is 12.4. The van der Waals surface area contributed by atoms with E-state index < -0.39 is 23.8 Å². The quantitative estimate of drug-likeness (QED) is 0.642. The number of halogens is 2. The molecule has 26 heavy (non-hydrogen) atoms. The fourth-order valence-corrected chi connectivity index (χ4v) is 2.28. The van der Waals surface area contributed by atoms with Gasteiger partial charge < -0.3 is 20.5 Å². The Balaban J connectivity index is 2.02. The Morgan fingerprint density at radius 2 is 2.00 bits per heavy atom. The number of hydrogen-bond acceptors (Lipinski definition) is 5. The molecule has 0 saturated heterocycles. The van der Waals surface area contributed by atoms with Crippen LogP contribution in [0.2, 0.25) is 5.02 Å². The zero-order chi connectivity index (χ0) is 19.1. The molecule has 0 fully saturated rings. The van der Waals surface area contributed by atoms with Crippen LogP contribution < -0.4 is 10.6 Å². The molecule has 2 rings (SSSR count). The number of anilines is 2. The molecule has 1 atom stereocenters. The van der Waals surface area contributed by atoms with Crippen LogP contribution in [0.15, 0.2) is 42.5 Å². The van der Waals surface area contributed by atoms with E-state index in [4.69, 9.17) is 21.4 Å². The smallest absolute Gasteiger partial charge is 0.341 e. The molecule has 2 aromatic carbocycles. The molecule has 0 aliphatic rings. The maximum atomic E-state index is 13.1. The Labute approximate surface area is 154 Å². The summed E-state index contributed by atoms with van der Waals surface area (Å²) in [5.41, 5.74) is 1.02. The van der Waals surface area contributed by atoms with Crippen molar-refractivity contribution in [1.82, 2.24) is 0 Å². The van der Waals surface area contributed by atoms with Crippen molar-refractivity contribution in [3.8, 4) is 0 Å². The maximum absolute atomic E-state index is 13.1. The zero-order valence-electron chi connectivity index (χ0n) is 14.0. The van der Waals surface area contributed by atoms with E-state index in [-0.39, 0.29) is 29.4 Å². The molecule has 0 aromatic heterocycles. The second-order valence-corrected chi connectivity index (χ2v) is 5.77.